The molecule has 0 radical (unpaired) electrons. The van der Waals surface area contributed by atoms with Crippen LogP contribution in [0.3, 0.4) is 0 Å². The summed E-state index contributed by atoms with van der Waals surface area (Å²) in [5.41, 5.74) is 2.28. The van der Waals surface area contributed by atoms with Crippen molar-refractivity contribution in [2.24, 2.45) is 0 Å². The minimum Gasteiger partial charge on any atom is -0.469 e. The summed E-state index contributed by atoms with van der Waals surface area (Å²) in [5.74, 6) is -0.232. The summed E-state index contributed by atoms with van der Waals surface area (Å²) in [6, 6.07) is 7.99. The Kier molecular flexibility index (Phi) is 2.73. The average Bonchev–Trinajstić information content (AvgIpc) is 2.57. The van der Waals surface area contributed by atoms with Gasteiger partial charge in [0, 0.05) is 0 Å². The van der Waals surface area contributed by atoms with Crippen LogP contribution in [0.1, 0.15) is 36.7 Å². The molecule has 1 aliphatic heterocycles. The number of rotatable bonds is 2. The molecule has 2 atom stereocenters. The van der Waals surface area contributed by atoms with Gasteiger partial charge in [-0.25, -0.2) is 0 Å². The molecule has 1 aromatic carbocycles. The quantitative estimate of drug-likeness (QED) is 0.697. The van der Waals surface area contributed by atoms with Crippen molar-refractivity contribution in [3.8, 4) is 0 Å². The van der Waals surface area contributed by atoms with E-state index >= 15 is 0 Å². The maximum absolute atomic E-state index is 11.2. The predicted molar refractivity (Wildman–Crippen MR) is 55.3 cm³/mol. The van der Waals surface area contributed by atoms with Crippen molar-refractivity contribution < 1.29 is 14.3 Å². The number of ether oxygens (including phenoxy) is 2. The number of fused-ring (bicyclic) bond motifs is 1. The second-order valence-electron chi connectivity index (χ2n) is 3.68. The minimum atomic E-state index is -0.232. The molecule has 0 saturated heterocycles. The molecule has 0 unspecified atom stereocenters. The lowest BCUT2D eigenvalue weighted by Crippen LogP contribution is -2.07. The van der Waals surface area contributed by atoms with Crippen LogP contribution in [0.25, 0.3) is 0 Å². The highest BCUT2D eigenvalue weighted by atomic mass is 16.5. The lowest BCUT2D eigenvalue weighted by Gasteiger charge is -2.10. The van der Waals surface area contributed by atoms with Gasteiger partial charge in [0.1, 0.15) is 0 Å². The molecule has 3 nitrogen and oxygen atoms in total. The minimum absolute atomic E-state index is 0.0656. The molecule has 0 aromatic heterocycles. The molecule has 0 aliphatic carbocycles. The van der Waals surface area contributed by atoms with Crippen LogP contribution < -0.4 is 0 Å². The van der Waals surface area contributed by atoms with Gasteiger partial charge in [0.2, 0.25) is 0 Å². The molecule has 0 spiro atoms. The molecule has 0 fully saturated rings. The maximum Gasteiger partial charge on any atom is 0.308 e. The van der Waals surface area contributed by atoms with E-state index in [1.54, 1.807) is 0 Å². The van der Waals surface area contributed by atoms with Gasteiger partial charge in [-0.1, -0.05) is 24.3 Å². The van der Waals surface area contributed by atoms with Crippen molar-refractivity contribution in [3.05, 3.63) is 35.4 Å². The number of methoxy groups -OCH3 is 1. The Balaban J connectivity index is 2.21. The summed E-state index contributed by atoms with van der Waals surface area (Å²) in [6.45, 7) is 2.00. The summed E-state index contributed by atoms with van der Waals surface area (Å²) < 4.78 is 10.3. The highest BCUT2D eigenvalue weighted by Gasteiger charge is 2.30. The molecular formula is C12H14O3. The monoisotopic (exact) mass is 206 g/mol. The van der Waals surface area contributed by atoms with E-state index in [1.165, 1.54) is 12.7 Å². The number of hydrogen-bond donors (Lipinski definition) is 0. The highest BCUT2D eigenvalue weighted by molar-refractivity contribution is 5.70. The first-order valence-corrected chi connectivity index (χ1v) is 5.03. The van der Waals surface area contributed by atoms with Gasteiger partial charge in [0.25, 0.3) is 0 Å². The number of carbonyl (C=O) groups excluding carboxylic acids is 1. The fourth-order valence-electron chi connectivity index (χ4n) is 1.96. The van der Waals surface area contributed by atoms with Crippen molar-refractivity contribution in [2.75, 3.05) is 7.11 Å². The summed E-state index contributed by atoms with van der Waals surface area (Å²) in [7, 11) is 1.40. The SMILES string of the molecule is COC(=O)C[C@@H]1O[C@H](C)c2ccccc21. The van der Waals surface area contributed by atoms with Gasteiger partial charge >= 0.3 is 5.97 Å². The van der Waals surface area contributed by atoms with Crippen molar-refractivity contribution in [2.45, 2.75) is 25.6 Å². The van der Waals surface area contributed by atoms with Crippen molar-refractivity contribution in [1.29, 1.82) is 0 Å². The van der Waals surface area contributed by atoms with Gasteiger partial charge in [0.05, 0.1) is 25.7 Å². The number of esters is 1. The van der Waals surface area contributed by atoms with Crippen LogP contribution in [0, 0.1) is 0 Å². The largest absolute Gasteiger partial charge is 0.469 e. The third-order valence-electron chi connectivity index (χ3n) is 2.73. The topological polar surface area (TPSA) is 35.5 Å². The van der Waals surface area contributed by atoms with E-state index in [9.17, 15) is 4.79 Å². The van der Waals surface area contributed by atoms with Crippen LogP contribution in [0.5, 0.6) is 0 Å². The molecule has 0 saturated carbocycles. The van der Waals surface area contributed by atoms with Crippen LogP contribution >= 0.6 is 0 Å². The summed E-state index contributed by atoms with van der Waals surface area (Å²) in [4.78, 5) is 11.2. The average molecular weight is 206 g/mol. The summed E-state index contributed by atoms with van der Waals surface area (Å²) in [5, 5.41) is 0. The molecule has 1 aliphatic rings. The van der Waals surface area contributed by atoms with Crippen LogP contribution in [0.4, 0.5) is 0 Å². The Hall–Kier alpha value is -1.35. The van der Waals surface area contributed by atoms with Crippen molar-refractivity contribution in [3.63, 3.8) is 0 Å². The Morgan fingerprint density at radius 1 is 1.40 bits per heavy atom. The highest BCUT2D eigenvalue weighted by Crippen LogP contribution is 2.40. The molecule has 3 heteroatoms. The van der Waals surface area contributed by atoms with Crippen molar-refractivity contribution in [1.82, 2.24) is 0 Å². The molecule has 0 amide bonds. The number of benzene rings is 1. The smallest absolute Gasteiger partial charge is 0.308 e. The fraction of sp³-hybridized carbons (Fsp3) is 0.417. The van der Waals surface area contributed by atoms with E-state index in [-0.39, 0.29) is 24.6 Å². The van der Waals surface area contributed by atoms with Gasteiger partial charge in [-0.15, -0.1) is 0 Å². The van der Waals surface area contributed by atoms with Crippen LogP contribution in [0.2, 0.25) is 0 Å². The molecule has 0 bridgehead atoms. The second-order valence-corrected chi connectivity index (χ2v) is 3.68. The maximum atomic E-state index is 11.2. The lowest BCUT2D eigenvalue weighted by atomic mass is 10.0. The zero-order chi connectivity index (χ0) is 10.8. The number of hydrogen-bond acceptors (Lipinski definition) is 3. The third kappa shape index (κ3) is 1.88. The molecule has 15 heavy (non-hydrogen) atoms. The van der Waals surface area contributed by atoms with Gasteiger partial charge in [-0.05, 0) is 18.1 Å². The zero-order valence-electron chi connectivity index (χ0n) is 8.90. The van der Waals surface area contributed by atoms with Gasteiger partial charge in [-0.3, -0.25) is 4.79 Å². The normalized spacial score (nSPS) is 23.6. The molecular weight excluding hydrogens is 192 g/mol. The first-order chi connectivity index (χ1) is 7.22. The molecule has 80 valence electrons. The van der Waals surface area contributed by atoms with Gasteiger partial charge < -0.3 is 9.47 Å². The summed E-state index contributed by atoms with van der Waals surface area (Å²) in [6.07, 6.45) is 0.206. The van der Waals surface area contributed by atoms with E-state index in [4.69, 9.17) is 4.74 Å². The fourth-order valence-corrected chi connectivity index (χ4v) is 1.96. The van der Waals surface area contributed by atoms with Crippen LogP contribution in [-0.4, -0.2) is 13.1 Å². The van der Waals surface area contributed by atoms with Gasteiger partial charge in [-0.2, -0.15) is 0 Å². The van der Waals surface area contributed by atoms with Crippen LogP contribution in [0.15, 0.2) is 24.3 Å². The third-order valence-corrected chi connectivity index (χ3v) is 2.73. The molecule has 1 heterocycles. The Morgan fingerprint density at radius 2 is 2.07 bits per heavy atom. The van der Waals surface area contributed by atoms with Crippen molar-refractivity contribution >= 4 is 5.97 Å². The van der Waals surface area contributed by atoms with Gasteiger partial charge in [0.15, 0.2) is 0 Å². The second kappa shape index (κ2) is 4.03. The molecule has 2 rings (SSSR count). The van der Waals surface area contributed by atoms with E-state index in [1.807, 2.05) is 31.2 Å². The first kappa shape index (κ1) is 10.2. The predicted octanol–water partition coefficient (Wildman–Crippen LogP) is 2.38. The van der Waals surface area contributed by atoms with E-state index in [0.717, 1.165) is 5.56 Å². The van der Waals surface area contributed by atoms with Crippen LogP contribution in [-0.2, 0) is 14.3 Å². The van der Waals surface area contributed by atoms with E-state index in [2.05, 4.69) is 4.74 Å². The molecule has 1 aromatic rings. The Labute approximate surface area is 89.0 Å². The van der Waals surface area contributed by atoms with E-state index in [0.29, 0.717) is 0 Å². The lowest BCUT2D eigenvalue weighted by molar-refractivity contribution is -0.144. The standard InChI is InChI=1S/C12H14O3/c1-8-9-5-3-4-6-10(9)11(15-8)7-12(13)14-2/h3-6,8,11H,7H2,1-2H3/t8-,11+/m1/s1. The van der Waals surface area contributed by atoms with E-state index < -0.39 is 0 Å². The first-order valence-electron chi connectivity index (χ1n) is 5.03. The zero-order valence-corrected chi connectivity index (χ0v) is 8.90. The Bertz CT molecular complexity index is 373. The molecule has 0 N–H and O–H groups in total. The Morgan fingerprint density at radius 3 is 2.73 bits per heavy atom. The number of carbonyl (C=O) groups is 1. The summed E-state index contributed by atoms with van der Waals surface area (Å²) >= 11 is 0.